The maximum Gasteiger partial charge on any atom is 0.257 e. The molecule has 0 spiro atoms. The van der Waals surface area contributed by atoms with Crippen LogP contribution < -0.4 is 5.32 Å². The number of hydrogen-bond acceptors (Lipinski definition) is 4. The Labute approximate surface area is 173 Å². The lowest BCUT2D eigenvalue weighted by Crippen LogP contribution is -2.39. The number of amides is 1. The maximum atomic E-state index is 13.0. The van der Waals surface area contributed by atoms with E-state index in [0.29, 0.717) is 31.5 Å². The van der Waals surface area contributed by atoms with Crippen LogP contribution in [0.4, 0.5) is 5.69 Å². The van der Waals surface area contributed by atoms with E-state index in [1.54, 1.807) is 11.2 Å². The molecule has 1 aliphatic heterocycles. The predicted molar refractivity (Wildman–Crippen MR) is 116 cm³/mol. The van der Waals surface area contributed by atoms with Gasteiger partial charge in [0.15, 0.2) is 0 Å². The molecule has 0 aliphatic carbocycles. The fourth-order valence-corrected chi connectivity index (χ4v) is 4.82. The monoisotopic (exact) mass is 415 g/mol. The molecule has 1 aromatic carbocycles. The highest BCUT2D eigenvalue weighted by atomic mass is 32.2. The lowest BCUT2D eigenvalue weighted by molar-refractivity contribution is 0.102. The summed E-state index contributed by atoms with van der Waals surface area (Å²) in [6.45, 7) is 8.56. The van der Waals surface area contributed by atoms with Crippen molar-refractivity contribution in [2.24, 2.45) is 0 Å². The first-order valence-corrected chi connectivity index (χ1v) is 11.7. The summed E-state index contributed by atoms with van der Waals surface area (Å²) >= 11 is 0. The van der Waals surface area contributed by atoms with Crippen LogP contribution in [0, 0.1) is 20.8 Å². The molecule has 0 bridgehead atoms. The molecular weight excluding hydrogens is 386 g/mol. The zero-order valence-electron chi connectivity index (χ0n) is 17.5. The topological polar surface area (TPSA) is 79.4 Å². The molecule has 29 heavy (non-hydrogen) atoms. The fourth-order valence-electron chi connectivity index (χ4n) is 3.69. The van der Waals surface area contributed by atoms with Crippen molar-refractivity contribution in [3.63, 3.8) is 0 Å². The normalized spacial score (nSPS) is 16.0. The molecule has 1 fully saturated rings. The van der Waals surface area contributed by atoms with E-state index >= 15 is 0 Å². The van der Waals surface area contributed by atoms with Gasteiger partial charge in [0.1, 0.15) is 0 Å². The van der Waals surface area contributed by atoms with Crippen LogP contribution in [0.25, 0.3) is 0 Å². The van der Waals surface area contributed by atoms with Gasteiger partial charge in [-0.2, -0.15) is 0 Å². The second-order valence-electron chi connectivity index (χ2n) is 7.71. The minimum Gasteiger partial charge on any atom is -0.322 e. The lowest BCUT2D eigenvalue weighted by Gasteiger charge is -2.31. The Kier molecular flexibility index (Phi) is 6.39. The summed E-state index contributed by atoms with van der Waals surface area (Å²) in [7, 11) is -3.18. The lowest BCUT2D eigenvalue weighted by atomic mass is 9.90. The van der Waals surface area contributed by atoms with Crippen molar-refractivity contribution in [1.82, 2.24) is 9.29 Å². The number of aromatic nitrogens is 1. The number of hydrogen-bond donors (Lipinski definition) is 1. The van der Waals surface area contributed by atoms with Gasteiger partial charge in [0.25, 0.3) is 5.91 Å². The van der Waals surface area contributed by atoms with Gasteiger partial charge in [-0.1, -0.05) is 6.07 Å². The van der Waals surface area contributed by atoms with Crippen LogP contribution >= 0.6 is 0 Å². The molecule has 1 aromatic heterocycles. The van der Waals surface area contributed by atoms with Gasteiger partial charge in [0.2, 0.25) is 10.0 Å². The molecule has 0 radical (unpaired) electrons. The summed E-state index contributed by atoms with van der Waals surface area (Å²) in [5.74, 6) is 0.00217. The van der Waals surface area contributed by atoms with Gasteiger partial charge >= 0.3 is 0 Å². The summed E-state index contributed by atoms with van der Waals surface area (Å²) in [6.07, 6.45) is 1.33. The van der Waals surface area contributed by atoms with Gasteiger partial charge in [0, 0.05) is 30.4 Å². The van der Waals surface area contributed by atoms with E-state index in [1.807, 2.05) is 51.1 Å². The maximum absolute atomic E-state index is 13.0. The SMILES string of the molecule is CCS(=O)(=O)N1CCC(c2nc(C)ccc2C(=O)Nc2ccc(C)c(C)c2)CC1. The van der Waals surface area contributed by atoms with Gasteiger partial charge in [-0.05, 0) is 75.9 Å². The molecule has 2 aromatic rings. The molecule has 1 N–H and O–H groups in total. The first kappa shape index (κ1) is 21.5. The number of carbonyl (C=O) groups is 1. The third-order valence-corrected chi connectivity index (χ3v) is 7.55. The van der Waals surface area contributed by atoms with Crippen molar-refractivity contribution < 1.29 is 13.2 Å². The molecular formula is C22H29N3O3S. The zero-order valence-corrected chi connectivity index (χ0v) is 18.3. The molecule has 1 amide bonds. The summed E-state index contributed by atoms with van der Waals surface area (Å²) in [4.78, 5) is 17.7. The van der Waals surface area contributed by atoms with Crippen molar-refractivity contribution in [1.29, 1.82) is 0 Å². The van der Waals surface area contributed by atoms with Crippen molar-refractivity contribution in [2.45, 2.75) is 46.5 Å². The van der Waals surface area contributed by atoms with Crippen molar-refractivity contribution in [3.8, 4) is 0 Å². The van der Waals surface area contributed by atoms with Gasteiger partial charge in [-0.3, -0.25) is 9.78 Å². The van der Waals surface area contributed by atoms with Crippen LogP contribution in [-0.4, -0.2) is 42.5 Å². The summed E-state index contributed by atoms with van der Waals surface area (Å²) < 4.78 is 25.8. The first-order chi connectivity index (χ1) is 13.7. The molecule has 0 unspecified atom stereocenters. The highest BCUT2D eigenvalue weighted by Crippen LogP contribution is 2.31. The molecule has 7 heteroatoms. The number of nitrogens with zero attached hydrogens (tertiary/aromatic N) is 2. The van der Waals surface area contributed by atoms with Crippen molar-refractivity contribution >= 4 is 21.6 Å². The van der Waals surface area contributed by atoms with E-state index < -0.39 is 10.0 Å². The summed E-state index contributed by atoms with van der Waals surface area (Å²) in [5.41, 5.74) is 5.23. The molecule has 6 nitrogen and oxygen atoms in total. The van der Waals surface area contributed by atoms with E-state index in [2.05, 4.69) is 10.3 Å². The highest BCUT2D eigenvalue weighted by Gasteiger charge is 2.30. The Bertz CT molecular complexity index is 1010. The van der Waals surface area contributed by atoms with Gasteiger partial charge in [-0.15, -0.1) is 0 Å². The molecule has 156 valence electrons. The fraction of sp³-hybridized carbons (Fsp3) is 0.455. The Hall–Kier alpha value is -2.25. The van der Waals surface area contributed by atoms with Crippen LogP contribution in [0.15, 0.2) is 30.3 Å². The van der Waals surface area contributed by atoms with Crippen molar-refractivity contribution in [3.05, 3.63) is 58.4 Å². The number of sulfonamides is 1. The largest absolute Gasteiger partial charge is 0.322 e. The Morgan fingerprint density at radius 1 is 1.10 bits per heavy atom. The van der Waals surface area contributed by atoms with Gasteiger partial charge < -0.3 is 5.32 Å². The molecule has 1 saturated heterocycles. The zero-order chi connectivity index (χ0) is 21.2. The molecule has 0 saturated carbocycles. The Morgan fingerprint density at radius 2 is 1.79 bits per heavy atom. The third-order valence-electron chi connectivity index (χ3n) is 5.67. The average molecular weight is 416 g/mol. The number of pyridine rings is 1. The molecule has 2 heterocycles. The number of aryl methyl sites for hydroxylation is 3. The van der Waals surface area contributed by atoms with Crippen LogP contribution in [0.1, 0.15) is 58.6 Å². The van der Waals surface area contributed by atoms with E-state index in [4.69, 9.17) is 0 Å². The summed E-state index contributed by atoms with van der Waals surface area (Å²) in [5, 5.41) is 2.98. The van der Waals surface area contributed by atoms with Crippen LogP contribution in [0.5, 0.6) is 0 Å². The van der Waals surface area contributed by atoms with Gasteiger partial charge in [0.05, 0.1) is 17.0 Å². The third kappa shape index (κ3) is 4.85. The first-order valence-electron chi connectivity index (χ1n) is 10.0. The van der Waals surface area contributed by atoms with Crippen LogP contribution in [0.3, 0.4) is 0 Å². The van der Waals surface area contributed by atoms with E-state index in [-0.39, 0.29) is 17.6 Å². The van der Waals surface area contributed by atoms with Crippen molar-refractivity contribution in [2.75, 3.05) is 24.2 Å². The standard InChI is InChI=1S/C22H29N3O3S/c1-5-29(27,28)25-12-10-18(11-13-25)21-20(9-7-17(4)23-21)22(26)24-19-8-6-15(2)16(3)14-19/h6-9,14,18H,5,10-13H2,1-4H3,(H,24,26). The quantitative estimate of drug-likeness (QED) is 0.806. The number of piperidine rings is 1. The average Bonchev–Trinajstić information content (AvgIpc) is 2.70. The van der Waals surface area contributed by atoms with E-state index in [1.165, 1.54) is 5.56 Å². The number of rotatable bonds is 5. The number of benzene rings is 1. The van der Waals surface area contributed by atoms with Crippen LogP contribution in [-0.2, 0) is 10.0 Å². The minimum atomic E-state index is -3.18. The van der Waals surface area contributed by atoms with Gasteiger partial charge in [-0.25, -0.2) is 12.7 Å². The second-order valence-corrected chi connectivity index (χ2v) is 9.97. The smallest absolute Gasteiger partial charge is 0.257 e. The summed E-state index contributed by atoms with van der Waals surface area (Å²) in [6, 6.07) is 9.51. The second kappa shape index (κ2) is 8.63. The number of carbonyl (C=O) groups excluding carboxylic acids is 1. The number of nitrogens with one attached hydrogen (secondary N) is 1. The molecule has 3 rings (SSSR count). The van der Waals surface area contributed by atoms with Crippen LogP contribution in [0.2, 0.25) is 0 Å². The number of anilines is 1. The molecule has 0 atom stereocenters. The van der Waals surface area contributed by atoms with E-state index in [0.717, 1.165) is 22.6 Å². The molecule has 1 aliphatic rings. The Balaban J connectivity index is 1.81. The predicted octanol–water partition coefficient (Wildman–Crippen LogP) is 3.79. The highest BCUT2D eigenvalue weighted by molar-refractivity contribution is 7.89. The van der Waals surface area contributed by atoms with E-state index in [9.17, 15) is 13.2 Å². The minimum absolute atomic E-state index is 0.0683. The Morgan fingerprint density at radius 3 is 2.41 bits per heavy atom.